The number of hydrogen-bond donors (Lipinski definition) is 1. The molecule has 4 atom stereocenters. The van der Waals surface area contributed by atoms with Gasteiger partial charge in [0.2, 0.25) is 0 Å². The minimum atomic E-state index is -0.966. The molecule has 1 fully saturated rings. The minimum absolute atomic E-state index is 0.120. The van der Waals surface area contributed by atoms with E-state index >= 15 is 0 Å². The Labute approximate surface area is 84.5 Å². The number of carbonyl (C=O) groups is 1. The first kappa shape index (κ1) is 11.6. The van der Waals surface area contributed by atoms with Gasteiger partial charge in [-0.2, -0.15) is 0 Å². The van der Waals surface area contributed by atoms with E-state index in [-0.39, 0.29) is 11.7 Å². The Morgan fingerprint density at radius 2 is 2.21 bits per heavy atom. The maximum atomic E-state index is 13.5. The third-order valence-electron chi connectivity index (χ3n) is 3.16. The first-order valence-electron chi connectivity index (χ1n) is 5.33. The molecule has 82 valence electrons. The molecular formula is C11H19FO2. The van der Waals surface area contributed by atoms with Crippen molar-refractivity contribution in [2.24, 2.45) is 11.8 Å². The van der Waals surface area contributed by atoms with Crippen LogP contribution in [0.4, 0.5) is 4.39 Å². The van der Waals surface area contributed by atoms with Gasteiger partial charge in [0.25, 0.3) is 0 Å². The van der Waals surface area contributed by atoms with Crippen molar-refractivity contribution >= 4 is 5.78 Å². The smallest absolute Gasteiger partial charge is 0.158 e. The summed E-state index contributed by atoms with van der Waals surface area (Å²) in [6.07, 6.45) is 0.875. The van der Waals surface area contributed by atoms with Crippen LogP contribution in [0.25, 0.3) is 0 Å². The molecule has 0 aromatic rings. The van der Waals surface area contributed by atoms with Gasteiger partial charge >= 0.3 is 0 Å². The zero-order valence-electron chi connectivity index (χ0n) is 8.87. The van der Waals surface area contributed by atoms with Gasteiger partial charge in [-0.25, -0.2) is 4.39 Å². The lowest BCUT2D eigenvalue weighted by atomic mass is 9.79. The Kier molecular flexibility index (Phi) is 4.05. The van der Waals surface area contributed by atoms with Gasteiger partial charge in [-0.05, 0) is 38.0 Å². The van der Waals surface area contributed by atoms with Crippen LogP contribution in [0, 0.1) is 11.8 Å². The third-order valence-corrected chi connectivity index (χ3v) is 3.16. The van der Waals surface area contributed by atoms with E-state index in [2.05, 4.69) is 0 Å². The number of Topliss-reactive ketones (excluding diaryl/α,β-unsaturated/α-hetero) is 1. The van der Waals surface area contributed by atoms with Gasteiger partial charge < -0.3 is 5.11 Å². The normalized spacial score (nSPS) is 35.3. The zero-order valence-corrected chi connectivity index (χ0v) is 8.87. The fourth-order valence-corrected chi connectivity index (χ4v) is 2.09. The van der Waals surface area contributed by atoms with Crippen molar-refractivity contribution in [2.75, 3.05) is 0 Å². The minimum Gasteiger partial charge on any atom is -0.385 e. The number of hydrogen-bond acceptors (Lipinski definition) is 2. The van der Waals surface area contributed by atoms with Crippen LogP contribution in [-0.2, 0) is 4.79 Å². The Morgan fingerprint density at radius 3 is 2.71 bits per heavy atom. The highest BCUT2D eigenvalue weighted by atomic mass is 19.1. The van der Waals surface area contributed by atoms with Crippen LogP contribution < -0.4 is 0 Å². The van der Waals surface area contributed by atoms with Crippen molar-refractivity contribution < 1.29 is 14.3 Å². The van der Waals surface area contributed by atoms with Crippen LogP contribution in [0.15, 0.2) is 0 Å². The molecule has 3 heteroatoms. The summed E-state index contributed by atoms with van der Waals surface area (Å²) >= 11 is 0. The molecule has 0 amide bonds. The van der Waals surface area contributed by atoms with Gasteiger partial charge in [0.1, 0.15) is 12.3 Å². The van der Waals surface area contributed by atoms with Crippen molar-refractivity contribution in [3.8, 4) is 0 Å². The van der Waals surface area contributed by atoms with Crippen molar-refractivity contribution in [3.63, 3.8) is 0 Å². The second-order valence-corrected chi connectivity index (χ2v) is 4.56. The highest BCUT2D eigenvalue weighted by molar-refractivity contribution is 5.80. The van der Waals surface area contributed by atoms with Gasteiger partial charge in [0.15, 0.2) is 5.78 Å². The van der Waals surface area contributed by atoms with Crippen molar-refractivity contribution in [2.45, 2.75) is 51.8 Å². The summed E-state index contributed by atoms with van der Waals surface area (Å²) in [5.74, 6) is 0.0663. The van der Waals surface area contributed by atoms with Gasteiger partial charge in [-0.15, -0.1) is 0 Å². The van der Waals surface area contributed by atoms with E-state index in [0.29, 0.717) is 18.8 Å². The molecule has 0 aromatic heterocycles. The van der Waals surface area contributed by atoms with Gasteiger partial charge in [-0.1, -0.05) is 13.3 Å². The molecule has 3 unspecified atom stereocenters. The molecular weight excluding hydrogens is 183 g/mol. The molecule has 1 aliphatic carbocycles. The second-order valence-electron chi connectivity index (χ2n) is 4.56. The van der Waals surface area contributed by atoms with E-state index in [9.17, 15) is 14.3 Å². The summed E-state index contributed by atoms with van der Waals surface area (Å²) in [6, 6.07) is 0. The number of halogens is 1. The predicted octanol–water partition coefficient (Wildman–Crippen LogP) is 2.10. The van der Waals surface area contributed by atoms with Crippen molar-refractivity contribution in [3.05, 3.63) is 0 Å². The number of alkyl halides is 1. The first-order chi connectivity index (χ1) is 6.50. The van der Waals surface area contributed by atoms with E-state index in [1.165, 1.54) is 6.92 Å². The lowest BCUT2D eigenvalue weighted by Crippen LogP contribution is -2.30. The molecule has 1 aliphatic rings. The quantitative estimate of drug-likeness (QED) is 0.761. The molecule has 0 aliphatic heterocycles. The number of ketones is 1. The Balaban J connectivity index is 2.41. The maximum absolute atomic E-state index is 13.5. The number of rotatable bonds is 3. The Morgan fingerprint density at radius 1 is 1.57 bits per heavy atom. The number of carbonyl (C=O) groups excluding carboxylic acids is 1. The topological polar surface area (TPSA) is 37.3 Å². The van der Waals surface area contributed by atoms with Crippen LogP contribution in [0.1, 0.15) is 39.5 Å². The second kappa shape index (κ2) is 4.87. The summed E-state index contributed by atoms with van der Waals surface area (Å²) in [6.45, 7) is 3.40. The molecule has 0 spiro atoms. The largest absolute Gasteiger partial charge is 0.385 e. The van der Waals surface area contributed by atoms with E-state index in [0.717, 1.165) is 12.8 Å². The Bertz CT molecular complexity index is 205. The molecule has 1 saturated carbocycles. The fraction of sp³-hybridized carbons (Fsp3) is 0.909. The van der Waals surface area contributed by atoms with E-state index in [1.54, 1.807) is 0 Å². The Hall–Kier alpha value is -0.440. The molecule has 0 saturated heterocycles. The average molecular weight is 202 g/mol. The van der Waals surface area contributed by atoms with Crippen LogP contribution in [-0.4, -0.2) is 23.2 Å². The number of aliphatic hydroxyl groups excluding tert-OH is 1. The fourth-order valence-electron chi connectivity index (χ4n) is 2.09. The van der Waals surface area contributed by atoms with Crippen LogP contribution in [0.5, 0.6) is 0 Å². The summed E-state index contributed by atoms with van der Waals surface area (Å²) in [5.41, 5.74) is 0. The molecule has 14 heavy (non-hydrogen) atoms. The van der Waals surface area contributed by atoms with Crippen molar-refractivity contribution in [1.82, 2.24) is 0 Å². The summed E-state index contributed by atoms with van der Waals surface area (Å²) < 4.78 is 13.5. The molecule has 0 radical (unpaired) electrons. The molecule has 1 N–H and O–H groups in total. The van der Waals surface area contributed by atoms with Gasteiger partial charge in [-0.3, -0.25) is 4.79 Å². The highest BCUT2D eigenvalue weighted by Crippen LogP contribution is 2.33. The molecule has 2 nitrogen and oxygen atoms in total. The lowest BCUT2D eigenvalue weighted by molar-refractivity contribution is -0.126. The molecule has 1 rings (SSSR count). The predicted molar refractivity (Wildman–Crippen MR) is 52.7 cm³/mol. The maximum Gasteiger partial charge on any atom is 0.158 e. The standard InChI is InChI=1S/C11H19FO2/c1-7-3-4-9(10(12)5-7)6-11(14)8(2)13/h7,9-11,14H,3-6H2,1-2H3/t7?,9-,10?,11?/m1/s1. The first-order valence-corrected chi connectivity index (χ1v) is 5.33. The highest BCUT2D eigenvalue weighted by Gasteiger charge is 2.30. The average Bonchev–Trinajstić information content (AvgIpc) is 2.09. The summed E-state index contributed by atoms with van der Waals surface area (Å²) in [5, 5.41) is 9.35. The molecule has 0 bridgehead atoms. The van der Waals surface area contributed by atoms with E-state index < -0.39 is 12.3 Å². The van der Waals surface area contributed by atoms with E-state index in [1.807, 2.05) is 6.92 Å². The summed E-state index contributed by atoms with van der Waals surface area (Å²) in [4.78, 5) is 10.8. The summed E-state index contributed by atoms with van der Waals surface area (Å²) in [7, 11) is 0. The molecule has 0 aromatic carbocycles. The van der Waals surface area contributed by atoms with Crippen LogP contribution >= 0.6 is 0 Å². The van der Waals surface area contributed by atoms with Crippen molar-refractivity contribution in [1.29, 1.82) is 0 Å². The van der Waals surface area contributed by atoms with Crippen LogP contribution in [0.3, 0.4) is 0 Å². The monoisotopic (exact) mass is 202 g/mol. The lowest BCUT2D eigenvalue weighted by Gasteiger charge is -2.30. The van der Waals surface area contributed by atoms with Gasteiger partial charge in [0.05, 0.1) is 0 Å². The molecule has 0 heterocycles. The third kappa shape index (κ3) is 3.05. The van der Waals surface area contributed by atoms with E-state index in [4.69, 9.17) is 0 Å². The zero-order chi connectivity index (χ0) is 10.7. The number of aliphatic hydroxyl groups is 1. The SMILES string of the molecule is CC(=O)C(O)C[C@H]1CCC(C)CC1F. The van der Waals surface area contributed by atoms with Crippen LogP contribution in [0.2, 0.25) is 0 Å². The van der Waals surface area contributed by atoms with Gasteiger partial charge in [0, 0.05) is 0 Å².